The SMILES string of the molecule is Cc1c(C(C)Nc2nnc(C)c3ccc(N4CC5CCC(C4)N5C)cc23)cccc1C(F)(F)F.Cl. The van der Waals surface area contributed by atoms with Crippen molar-refractivity contribution in [1.82, 2.24) is 15.1 Å². The van der Waals surface area contributed by atoms with Crippen LogP contribution in [-0.4, -0.2) is 47.3 Å². The third kappa shape index (κ3) is 4.66. The standard InChI is InChI=1S/C26H30F3N5.ClH/c1-15-21(6-5-7-24(15)26(27,28)29)16(2)30-25-23-12-18(10-11-22(23)17(3)31-32-25)34-13-19-8-9-20(14-34)33(19)4;/h5-7,10-12,16,19-20H,8-9,13-14H2,1-4H3,(H,30,32);1H. The van der Waals surface area contributed by atoms with Crippen LogP contribution in [0.3, 0.4) is 0 Å². The molecular weight excluding hydrogens is 475 g/mol. The van der Waals surface area contributed by atoms with Crippen molar-refractivity contribution in [3.8, 4) is 0 Å². The van der Waals surface area contributed by atoms with Gasteiger partial charge >= 0.3 is 6.18 Å². The summed E-state index contributed by atoms with van der Waals surface area (Å²) in [7, 11) is 2.22. The van der Waals surface area contributed by atoms with Crippen molar-refractivity contribution in [3.05, 3.63) is 58.8 Å². The molecule has 1 N–H and O–H groups in total. The molecule has 2 saturated heterocycles. The van der Waals surface area contributed by atoms with Gasteiger partial charge in [0, 0.05) is 41.6 Å². The van der Waals surface area contributed by atoms with Crippen molar-refractivity contribution in [2.24, 2.45) is 0 Å². The minimum Gasteiger partial charge on any atom is -0.368 e. The van der Waals surface area contributed by atoms with Gasteiger partial charge in [0.25, 0.3) is 0 Å². The van der Waals surface area contributed by atoms with Gasteiger partial charge in [-0.2, -0.15) is 18.3 Å². The number of halogens is 4. The maximum atomic E-state index is 13.4. The Labute approximate surface area is 210 Å². The first-order chi connectivity index (χ1) is 16.1. The maximum Gasteiger partial charge on any atom is 0.416 e. The van der Waals surface area contributed by atoms with E-state index in [1.54, 1.807) is 6.07 Å². The summed E-state index contributed by atoms with van der Waals surface area (Å²) in [6, 6.07) is 11.5. The van der Waals surface area contributed by atoms with Crippen molar-refractivity contribution in [3.63, 3.8) is 0 Å². The number of rotatable bonds is 4. The van der Waals surface area contributed by atoms with E-state index >= 15 is 0 Å². The van der Waals surface area contributed by atoms with Crippen molar-refractivity contribution >= 4 is 34.7 Å². The molecule has 5 rings (SSSR count). The molecule has 2 aliphatic rings. The fourth-order valence-electron chi connectivity index (χ4n) is 5.62. The highest BCUT2D eigenvalue weighted by Gasteiger charge is 2.37. The summed E-state index contributed by atoms with van der Waals surface area (Å²) in [6.45, 7) is 7.30. The summed E-state index contributed by atoms with van der Waals surface area (Å²) in [5.74, 6) is 0.587. The van der Waals surface area contributed by atoms with Crippen LogP contribution in [0.5, 0.6) is 0 Å². The van der Waals surface area contributed by atoms with Crippen LogP contribution in [0.15, 0.2) is 36.4 Å². The van der Waals surface area contributed by atoms with Gasteiger partial charge in [0.15, 0.2) is 5.82 Å². The molecule has 2 bridgehead atoms. The molecule has 5 nitrogen and oxygen atoms in total. The molecule has 35 heavy (non-hydrogen) atoms. The zero-order valence-corrected chi connectivity index (χ0v) is 21.2. The lowest BCUT2D eigenvalue weighted by atomic mass is 9.97. The van der Waals surface area contributed by atoms with E-state index in [-0.39, 0.29) is 24.0 Å². The zero-order chi connectivity index (χ0) is 24.2. The van der Waals surface area contributed by atoms with Crippen LogP contribution in [0.25, 0.3) is 10.8 Å². The first-order valence-electron chi connectivity index (χ1n) is 11.8. The van der Waals surface area contributed by atoms with E-state index in [9.17, 15) is 13.2 Å². The van der Waals surface area contributed by atoms with Crippen LogP contribution in [0.2, 0.25) is 0 Å². The highest BCUT2D eigenvalue weighted by molar-refractivity contribution is 5.95. The van der Waals surface area contributed by atoms with E-state index in [2.05, 4.69) is 50.6 Å². The number of nitrogens with one attached hydrogen (secondary N) is 1. The molecule has 2 aliphatic heterocycles. The molecule has 0 radical (unpaired) electrons. The third-order valence-electron chi connectivity index (χ3n) is 7.66. The molecule has 3 heterocycles. The number of likely N-dealkylation sites (N-methyl/N-ethyl adjacent to an activating group) is 1. The number of nitrogens with zero attached hydrogens (tertiary/aromatic N) is 4. The Morgan fingerprint density at radius 2 is 1.69 bits per heavy atom. The number of piperazine rings is 1. The molecule has 9 heteroatoms. The molecule has 2 aromatic carbocycles. The van der Waals surface area contributed by atoms with E-state index < -0.39 is 11.7 Å². The minimum absolute atomic E-state index is 0. The average molecular weight is 506 g/mol. The predicted octanol–water partition coefficient (Wildman–Crippen LogP) is 6.14. The second kappa shape index (κ2) is 9.47. The molecule has 3 atom stereocenters. The Hall–Kier alpha value is -2.58. The zero-order valence-electron chi connectivity index (χ0n) is 20.4. The number of hydrogen-bond donors (Lipinski definition) is 1. The minimum atomic E-state index is -4.38. The summed E-state index contributed by atoms with van der Waals surface area (Å²) in [6.07, 6.45) is -1.92. The average Bonchev–Trinajstić information content (AvgIpc) is 2.99. The largest absolute Gasteiger partial charge is 0.416 e. The van der Waals surface area contributed by atoms with Crippen LogP contribution >= 0.6 is 12.4 Å². The van der Waals surface area contributed by atoms with Gasteiger partial charge in [-0.05, 0) is 70.0 Å². The molecule has 3 aromatic rings. The van der Waals surface area contributed by atoms with Crippen LogP contribution < -0.4 is 10.2 Å². The highest BCUT2D eigenvalue weighted by atomic mass is 35.5. The predicted molar refractivity (Wildman–Crippen MR) is 137 cm³/mol. The van der Waals surface area contributed by atoms with Crippen molar-refractivity contribution in [2.75, 3.05) is 30.4 Å². The van der Waals surface area contributed by atoms with Crippen molar-refractivity contribution < 1.29 is 13.2 Å². The molecule has 1 aromatic heterocycles. The molecule has 0 saturated carbocycles. The first-order valence-corrected chi connectivity index (χ1v) is 11.8. The Kier molecular flexibility index (Phi) is 6.90. The summed E-state index contributed by atoms with van der Waals surface area (Å²) >= 11 is 0. The number of aryl methyl sites for hydroxylation is 1. The molecule has 0 spiro atoms. The van der Waals surface area contributed by atoms with Gasteiger partial charge in [-0.25, -0.2) is 0 Å². The van der Waals surface area contributed by atoms with Crippen LogP contribution in [0.1, 0.15) is 48.2 Å². The number of benzene rings is 2. The monoisotopic (exact) mass is 505 g/mol. The van der Waals surface area contributed by atoms with Crippen molar-refractivity contribution in [1.29, 1.82) is 0 Å². The topological polar surface area (TPSA) is 44.3 Å². The van der Waals surface area contributed by atoms with Crippen LogP contribution in [0, 0.1) is 13.8 Å². The Morgan fingerprint density at radius 1 is 1.00 bits per heavy atom. The van der Waals surface area contributed by atoms with Crippen molar-refractivity contribution in [2.45, 2.75) is 57.9 Å². The number of alkyl halides is 3. The number of hydrogen-bond acceptors (Lipinski definition) is 5. The van der Waals surface area contributed by atoms with Gasteiger partial charge < -0.3 is 10.2 Å². The molecule has 0 amide bonds. The number of anilines is 2. The highest BCUT2D eigenvalue weighted by Crippen LogP contribution is 2.37. The Morgan fingerprint density at radius 3 is 2.34 bits per heavy atom. The second-order valence-corrected chi connectivity index (χ2v) is 9.70. The molecule has 3 unspecified atom stereocenters. The number of fused-ring (bicyclic) bond motifs is 3. The maximum absolute atomic E-state index is 13.4. The van der Waals surface area contributed by atoms with Crippen LogP contribution in [0.4, 0.5) is 24.7 Å². The molecule has 0 aliphatic carbocycles. The fraction of sp³-hybridized carbons (Fsp3) is 0.462. The van der Waals surface area contributed by atoms with Gasteiger partial charge in [0.05, 0.1) is 17.3 Å². The lowest BCUT2D eigenvalue weighted by Gasteiger charge is -2.40. The van der Waals surface area contributed by atoms with Gasteiger partial charge in [0.1, 0.15) is 0 Å². The summed E-state index contributed by atoms with van der Waals surface area (Å²) in [4.78, 5) is 4.95. The lowest BCUT2D eigenvalue weighted by Crippen LogP contribution is -2.52. The summed E-state index contributed by atoms with van der Waals surface area (Å²) in [5.41, 5.74) is 2.19. The summed E-state index contributed by atoms with van der Waals surface area (Å²) in [5, 5.41) is 14.0. The molecule has 188 valence electrons. The third-order valence-corrected chi connectivity index (χ3v) is 7.66. The van der Waals surface area contributed by atoms with Gasteiger partial charge in [-0.15, -0.1) is 17.5 Å². The fourth-order valence-corrected chi connectivity index (χ4v) is 5.62. The Balaban J connectivity index is 0.00000289. The first kappa shape index (κ1) is 25.5. The Bertz CT molecular complexity index is 1220. The normalized spacial score (nSPS) is 21.2. The number of aromatic nitrogens is 2. The van der Waals surface area contributed by atoms with Crippen LogP contribution in [-0.2, 0) is 6.18 Å². The van der Waals surface area contributed by atoms with Gasteiger partial charge in [-0.3, -0.25) is 4.90 Å². The van der Waals surface area contributed by atoms with E-state index in [4.69, 9.17) is 0 Å². The smallest absolute Gasteiger partial charge is 0.368 e. The molecular formula is C26H31ClF3N5. The second-order valence-electron chi connectivity index (χ2n) is 9.70. The van der Waals surface area contributed by atoms with Gasteiger partial charge in [0.2, 0.25) is 0 Å². The van der Waals surface area contributed by atoms with E-state index in [0.717, 1.165) is 41.3 Å². The molecule has 2 fully saturated rings. The van der Waals surface area contributed by atoms with Gasteiger partial charge in [-0.1, -0.05) is 18.2 Å². The van der Waals surface area contributed by atoms with E-state index in [1.807, 2.05) is 13.8 Å². The lowest BCUT2D eigenvalue weighted by molar-refractivity contribution is -0.138. The van der Waals surface area contributed by atoms with E-state index in [0.29, 0.717) is 23.5 Å². The van der Waals surface area contributed by atoms with E-state index in [1.165, 1.54) is 25.8 Å². The quantitative estimate of drug-likeness (QED) is 0.461. The summed E-state index contributed by atoms with van der Waals surface area (Å²) < 4.78 is 40.3.